The fourth-order valence-corrected chi connectivity index (χ4v) is 7.89. The summed E-state index contributed by atoms with van der Waals surface area (Å²) in [6, 6.07) is 15.1. The zero-order chi connectivity index (χ0) is 29.5. The van der Waals surface area contributed by atoms with Gasteiger partial charge in [-0.15, -0.1) is 0 Å². The van der Waals surface area contributed by atoms with Crippen molar-refractivity contribution in [1.29, 1.82) is 0 Å². The number of imide groups is 1. The van der Waals surface area contributed by atoms with E-state index < -0.39 is 11.9 Å². The lowest BCUT2D eigenvalue weighted by molar-refractivity contribution is -0.136. The predicted octanol–water partition coefficient (Wildman–Crippen LogP) is 3.62. The number of ether oxygens (including phenoxy) is 1. The summed E-state index contributed by atoms with van der Waals surface area (Å²) in [6.45, 7) is 4.23. The van der Waals surface area contributed by atoms with Crippen molar-refractivity contribution in [2.24, 2.45) is 11.8 Å². The molecule has 43 heavy (non-hydrogen) atoms. The summed E-state index contributed by atoms with van der Waals surface area (Å²) in [5.74, 6) is 1.45. The lowest BCUT2D eigenvalue weighted by Gasteiger charge is -2.51. The molecule has 0 bridgehead atoms. The summed E-state index contributed by atoms with van der Waals surface area (Å²) in [6.07, 6.45) is 7.39. The highest BCUT2D eigenvalue weighted by molar-refractivity contribution is 6.05. The SMILES string of the molecule is O=C1CCC(N2Cc3cc(O[C@@H]4CCCC[C@@H]4N4CC(C5CCN(C(=O)c6ccccc6)CC5)C4)ccc3C2=O)C(=O)N1. The Kier molecular flexibility index (Phi) is 7.67. The van der Waals surface area contributed by atoms with Crippen LogP contribution in [0.4, 0.5) is 0 Å². The summed E-state index contributed by atoms with van der Waals surface area (Å²) < 4.78 is 6.62. The zero-order valence-corrected chi connectivity index (χ0v) is 24.6. The number of nitrogens with one attached hydrogen (secondary N) is 1. The molecular formula is C34H40N4O5. The topological polar surface area (TPSA) is 99.3 Å². The third-order valence-electron chi connectivity index (χ3n) is 10.4. The lowest BCUT2D eigenvalue weighted by atomic mass is 9.77. The Bertz CT molecular complexity index is 1400. The van der Waals surface area contributed by atoms with E-state index in [1.807, 2.05) is 53.4 Å². The van der Waals surface area contributed by atoms with Crippen LogP contribution in [-0.4, -0.2) is 82.7 Å². The molecule has 0 radical (unpaired) electrons. The van der Waals surface area contributed by atoms with Crippen LogP contribution in [0, 0.1) is 11.8 Å². The second kappa shape index (κ2) is 11.8. The molecule has 2 aromatic carbocycles. The molecule has 0 spiro atoms. The summed E-state index contributed by atoms with van der Waals surface area (Å²) in [7, 11) is 0. The number of hydrogen-bond acceptors (Lipinski definition) is 6. The molecule has 3 atom stereocenters. The van der Waals surface area contributed by atoms with Gasteiger partial charge in [0.25, 0.3) is 11.8 Å². The molecule has 1 N–H and O–H groups in total. The third kappa shape index (κ3) is 5.55. The van der Waals surface area contributed by atoms with E-state index in [9.17, 15) is 19.2 Å². The van der Waals surface area contributed by atoms with Crippen LogP contribution in [0.15, 0.2) is 48.5 Å². The van der Waals surface area contributed by atoms with E-state index in [0.29, 0.717) is 36.4 Å². The van der Waals surface area contributed by atoms with Gasteiger partial charge in [0, 0.05) is 56.3 Å². The number of amides is 4. The number of fused-ring (bicyclic) bond motifs is 1. The smallest absolute Gasteiger partial charge is 0.255 e. The van der Waals surface area contributed by atoms with Gasteiger partial charge in [0.2, 0.25) is 11.8 Å². The van der Waals surface area contributed by atoms with Crippen LogP contribution in [0.5, 0.6) is 5.75 Å². The predicted molar refractivity (Wildman–Crippen MR) is 159 cm³/mol. The van der Waals surface area contributed by atoms with Crippen LogP contribution < -0.4 is 10.1 Å². The van der Waals surface area contributed by atoms with E-state index >= 15 is 0 Å². The second-order valence-corrected chi connectivity index (χ2v) is 12.9. The van der Waals surface area contributed by atoms with E-state index in [1.165, 1.54) is 6.42 Å². The average molecular weight is 585 g/mol. The molecule has 9 nitrogen and oxygen atoms in total. The summed E-state index contributed by atoms with van der Waals surface area (Å²) in [5.41, 5.74) is 2.26. The minimum Gasteiger partial charge on any atom is -0.489 e. The highest BCUT2D eigenvalue weighted by Gasteiger charge is 2.43. The van der Waals surface area contributed by atoms with Crippen molar-refractivity contribution >= 4 is 23.6 Å². The first-order chi connectivity index (χ1) is 20.9. The van der Waals surface area contributed by atoms with Crippen LogP contribution in [0.3, 0.4) is 0 Å². The van der Waals surface area contributed by atoms with Gasteiger partial charge in [0.15, 0.2) is 0 Å². The summed E-state index contributed by atoms with van der Waals surface area (Å²) in [4.78, 5) is 56.1. The number of hydrogen-bond donors (Lipinski definition) is 1. The number of nitrogens with zero attached hydrogens (tertiary/aromatic N) is 3. The molecule has 0 aromatic heterocycles. The summed E-state index contributed by atoms with van der Waals surface area (Å²) in [5, 5.41) is 2.37. The van der Waals surface area contributed by atoms with Crippen molar-refractivity contribution < 1.29 is 23.9 Å². The van der Waals surface area contributed by atoms with Crippen molar-refractivity contribution in [2.45, 2.75) is 76.1 Å². The number of carbonyl (C=O) groups excluding carboxylic acids is 4. The molecule has 9 heteroatoms. The molecule has 3 saturated heterocycles. The summed E-state index contributed by atoms with van der Waals surface area (Å²) >= 11 is 0. The average Bonchev–Trinajstić information content (AvgIpc) is 3.32. The zero-order valence-electron chi connectivity index (χ0n) is 24.6. The maximum Gasteiger partial charge on any atom is 0.255 e. The van der Waals surface area contributed by atoms with Crippen molar-refractivity contribution in [3.05, 3.63) is 65.2 Å². The van der Waals surface area contributed by atoms with E-state index in [-0.39, 0.29) is 30.2 Å². The fourth-order valence-electron chi connectivity index (χ4n) is 7.89. The van der Waals surface area contributed by atoms with Gasteiger partial charge in [0.1, 0.15) is 17.9 Å². The molecule has 1 aliphatic carbocycles. The van der Waals surface area contributed by atoms with Crippen LogP contribution >= 0.6 is 0 Å². The van der Waals surface area contributed by atoms with Gasteiger partial charge in [-0.25, -0.2) is 0 Å². The Morgan fingerprint density at radius 3 is 2.40 bits per heavy atom. The Hall–Kier alpha value is -3.72. The Morgan fingerprint density at radius 2 is 1.63 bits per heavy atom. The van der Waals surface area contributed by atoms with Crippen molar-refractivity contribution in [3.8, 4) is 5.75 Å². The molecule has 2 aromatic rings. The third-order valence-corrected chi connectivity index (χ3v) is 10.4. The van der Waals surface area contributed by atoms with Gasteiger partial charge < -0.3 is 14.5 Å². The van der Waals surface area contributed by atoms with Crippen molar-refractivity contribution in [2.75, 3.05) is 26.2 Å². The van der Waals surface area contributed by atoms with Gasteiger partial charge in [-0.1, -0.05) is 24.6 Å². The lowest BCUT2D eigenvalue weighted by Crippen LogP contribution is -2.60. The Balaban J connectivity index is 0.931. The largest absolute Gasteiger partial charge is 0.489 e. The van der Waals surface area contributed by atoms with Gasteiger partial charge in [-0.2, -0.15) is 0 Å². The number of piperidine rings is 2. The first-order valence-electron chi connectivity index (χ1n) is 16.0. The quantitative estimate of drug-likeness (QED) is 0.521. The van der Waals surface area contributed by atoms with Crippen LogP contribution in [-0.2, 0) is 16.1 Å². The minimum absolute atomic E-state index is 0.112. The maximum absolute atomic E-state index is 13.1. The van der Waals surface area contributed by atoms with Crippen molar-refractivity contribution in [3.63, 3.8) is 0 Å². The van der Waals surface area contributed by atoms with Gasteiger partial charge >= 0.3 is 0 Å². The first-order valence-corrected chi connectivity index (χ1v) is 16.0. The normalized spacial score (nSPS) is 27.1. The molecule has 4 fully saturated rings. The molecule has 1 unspecified atom stereocenters. The molecule has 5 aliphatic rings. The molecule has 226 valence electrons. The van der Waals surface area contributed by atoms with E-state index in [4.69, 9.17) is 4.74 Å². The minimum atomic E-state index is -0.611. The second-order valence-electron chi connectivity index (χ2n) is 12.9. The van der Waals surface area contributed by atoms with Gasteiger partial charge in [-0.3, -0.25) is 29.4 Å². The molecule has 4 heterocycles. The van der Waals surface area contributed by atoms with E-state index in [2.05, 4.69) is 10.2 Å². The van der Waals surface area contributed by atoms with Crippen LogP contribution in [0.25, 0.3) is 0 Å². The number of likely N-dealkylation sites (tertiary alicyclic amines) is 2. The number of rotatable bonds is 6. The van der Waals surface area contributed by atoms with Crippen LogP contribution in [0.1, 0.15) is 77.6 Å². The monoisotopic (exact) mass is 584 g/mol. The molecule has 1 saturated carbocycles. The molecule has 7 rings (SSSR count). The highest BCUT2D eigenvalue weighted by atomic mass is 16.5. The molecular weight excluding hydrogens is 544 g/mol. The highest BCUT2D eigenvalue weighted by Crippen LogP contribution is 2.38. The Morgan fingerprint density at radius 1 is 0.860 bits per heavy atom. The molecule has 4 aliphatic heterocycles. The van der Waals surface area contributed by atoms with Crippen LogP contribution in [0.2, 0.25) is 0 Å². The van der Waals surface area contributed by atoms with Crippen molar-refractivity contribution in [1.82, 2.24) is 20.0 Å². The van der Waals surface area contributed by atoms with Gasteiger partial charge in [-0.05, 0) is 86.3 Å². The fraction of sp³-hybridized carbons (Fsp3) is 0.529. The van der Waals surface area contributed by atoms with E-state index in [0.717, 1.165) is 75.2 Å². The molecule has 4 amide bonds. The first kappa shape index (κ1) is 28.1. The Labute approximate surface area is 252 Å². The number of benzene rings is 2. The maximum atomic E-state index is 13.1. The van der Waals surface area contributed by atoms with Gasteiger partial charge in [0.05, 0.1) is 0 Å². The standard InChI is InChI=1S/C34H40N4O5/c39-31-13-12-29(32(40)35-31)38-21-24-18-26(10-11-27(24)34(38)42)43-30-9-5-4-8-28(30)37-19-25(20-37)22-14-16-36(17-15-22)33(41)23-6-2-1-3-7-23/h1-3,6-7,10-11,18,22,25,28-30H,4-5,8-9,12-17,19-21H2,(H,35,39,40)/t28-,29?,30+/m0/s1. The number of carbonyl (C=O) groups is 4. The van der Waals surface area contributed by atoms with E-state index in [1.54, 1.807) is 4.90 Å².